The van der Waals surface area contributed by atoms with Gasteiger partial charge in [0.05, 0.1) is 24.3 Å². The molecule has 0 radical (unpaired) electrons. The number of carbonyl (C=O) groups is 1. The van der Waals surface area contributed by atoms with Crippen LogP contribution >= 0.6 is 15.9 Å². The van der Waals surface area contributed by atoms with E-state index in [1.165, 1.54) is 0 Å². The number of methoxy groups -OCH3 is 2. The summed E-state index contributed by atoms with van der Waals surface area (Å²) in [5.74, 6) is 1.59. The first-order valence-corrected chi connectivity index (χ1v) is 9.96. The molecule has 152 valence electrons. The fourth-order valence-electron chi connectivity index (χ4n) is 2.89. The zero-order valence-electron chi connectivity index (χ0n) is 17.9. The number of carbonyl (C=O) groups excluding carboxylic acids is 1. The summed E-state index contributed by atoms with van der Waals surface area (Å²) in [4.78, 5) is 13.0. The van der Waals surface area contributed by atoms with Gasteiger partial charge in [-0.25, -0.2) is 4.79 Å². The molecule has 2 aromatic carbocycles. The Balaban J connectivity index is 2.59. The van der Waals surface area contributed by atoms with Crippen LogP contribution in [0.25, 0.3) is 0 Å². The molecule has 0 N–H and O–H groups in total. The van der Waals surface area contributed by atoms with Gasteiger partial charge in [0, 0.05) is 11.1 Å². The third kappa shape index (κ3) is 4.88. The second-order valence-electron chi connectivity index (χ2n) is 8.79. The molecule has 2 aromatic rings. The highest BCUT2D eigenvalue weighted by Gasteiger charge is 2.30. The van der Waals surface area contributed by atoms with Crippen molar-refractivity contribution < 1.29 is 19.0 Å². The Hall–Kier alpha value is -2.01. The predicted octanol–water partition coefficient (Wildman–Crippen LogP) is 6.28. The van der Waals surface area contributed by atoms with E-state index >= 15 is 0 Å². The van der Waals surface area contributed by atoms with E-state index in [9.17, 15) is 4.79 Å². The van der Waals surface area contributed by atoms with Crippen LogP contribution in [0, 0.1) is 0 Å². The average Bonchev–Trinajstić information content (AvgIpc) is 2.59. The smallest absolute Gasteiger partial charge is 0.343 e. The Morgan fingerprint density at radius 1 is 0.857 bits per heavy atom. The molecule has 0 saturated heterocycles. The number of esters is 1. The Morgan fingerprint density at radius 3 is 1.79 bits per heavy atom. The molecule has 28 heavy (non-hydrogen) atoms. The van der Waals surface area contributed by atoms with E-state index in [1.54, 1.807) is 32.4 Å². The maximum Gasteiger partial charge on any atom is 0.343 e. The van der Waals surface area contributed by atoms with Crippen molar-refractivity contribution in [3.8, 4) is 17.2 Å². The normalized spacial score (nSPS) is 11.9. The number of benzene rings is 2. The van der Waals surface area contributed by atoms with E-state index < -0.39 is 5.97 Å². The zero-order chi connectivity index (χ0) is 21.3. The van der Waals surface area contributed by atoms with Gasteiger partial charge in [-0.3, -0.25) is 0 Å². The monoisotopic (exact) mass is 448 g/mol. The van der Waals surface area contributed by atoms with E-state index in [1.807, 2.05) is 12.1 Å². The van der Waals surface area contributed by atoms with E-state index in [2.05, 4.69) is 57.5 Å². The van der Waals surface area contributed by atoms with Crippen molar-refractivity contribution in [2.45, 2.75) is 52.4 Å². The summed E-state index contributed by atoms with van der Waals surface area (Å²) in [7, 11) is 3.23. The van der Waals surface area contributed by atoms with Crippen LogP contribution in [0.1, 0.15) is 63.0 Å². The van der Waals surface area contributed by atoms with Gasteiger partial charge in [-0.1, -0.05) is 41.5 Å². The number of hydrogen-bond donors (Lipinski definition) is 0. The Bertz CT molecular complexity index is 838. The molecule has 5 heteroatoms. The molecule has 0 spiro atoms. The first kappa shape index (κ1) is 22.3. The second-order valence-corrected chi connectivity index (χ2v) is 9.64. The third-order valence-electron chi connectivity index (χ3n) is 4.50. The van der Waals surface area contributed by atoms with Crippen LogP contribution in [0.4, 0.5) is 0 Å². The van der Waals surface area contributed by atoms with Gasteiger partial charge in [0.15, 0.2) is 0 Å². The molecule has 0 amide bonds. The van der Waals surface area contributed by atoms with Crippen LogP contribution in [0.2, 0.25) is 0 Å². The fraction of sp³-hybridized carbons (Fsp3) is 0.435. The Labute approximate surface area is 176 Å². The van der Waals surface area contributed by atoms with E-state index in [-0.39, 0.29) is 10.8 Å². The van der Waals surface area contributed by atoms with Crippen LogP contribution in [0.3, 0.4) is 0 Å². The summed E-state index contributed by atoms with van der Waals surface area (Å²) in [5.41, 5.74) is 1.84. The third-order valence-corrected chi connectivity index (χ3v) is 5.12. The molecule has 0 atom stereocenters. The molecule has 0 fully saturated rings. The lowest BCUT2D eigenvalue weighted by Crippen LogP contribution is -2.22. The Kier molecular flexibility index (Phi) is 6.49. The minimum absolute atomic E-state index is 0.232. The highest BCUT2D eigenvalue weighted by Crippen LogP contribution is 2.43. The van der Waals surface area contributed by atoms with Gasteiger partial charge in [0.2, 0.25) is 0 Å². The summed E-state index contributed by atoms with van der Waals surface area (Å²) in [6, 6.07) is 9.04. The van der Waals surface area contributed by atoms with Crippen molar-refractivity contribution in [3.05, 3.63) is 51.5 Å². The maximum atomic E-state index is 13.0. The first-order valence-electron chi connectivity index (χ1n) is 9.17. The van der Waals surface area contributed by atoms with Crippen LogP contribution in [-0.4, -0.2) is 20.2 Å². The second kappa shape index (κ2) is 8.16. The fourth-order valence-corrected chi connectivity index (χ4v) is 3.43. The van der Waals surface area contributed by atoms with Crippen LogP contribution < -0.4 is 14.2 Å². The van der Waals surface area contributed by atoms with Gasteiger partial charge in [0.25, 0.3) is 0 Å². The van der Waals surface area contributed by atoms with E-state index in [0.29, 0.717) is 21.5 Å². The van der Waals surface area contributed by atoms with Crippen LogP contribution in [0.15, 0.2) is 34.8 Å². The standard InChI is InChI=1S/C23H29BrO4/c1-22(2,3)16-12-15(26-7)13-17(23(4,5)6)20(16)28-21(25)14-9-10-19(27-8)18(24)11-14/h9-13H,1-8H3. The molecule has 0 aliphatic carbocycles. The van der Waals surface area contributed by atoms with Crippen molar-refractivity contribution in [1.82, 2.24) is 0 Å². The molecular weight excluding hydrogens is 420 g/mol. The maximum absolute atomic E-state index is 13.0. The molecule has 2 rings (SSSR count). The average molecular weight is 449 g/mol. The Morgan fingerprint density at radius 2 is 1.39 bits per heavy atom. The first-order chi connectivity index (χ1) is 12.9. The van der Waals surface area contributed by atoms with E-state index in [0.717, 1.165) is 16.9 Å². The lowest BCUT2D eigenvalue weighted by atomic mass is 9.79. The highest BCUT2D eigenvalue weighted by molar-refractivity contribution is 9.10. The number of ether oxygens (including phenoxy) is 3. The van der Waals surface area contributed by atoms with Gasteiger partial charge in [-0.05, 0) is 57.1 Å². The van der Waals surface area contributed by atoms with Crippen LogP contribution in [-0.2, 0) is 10.8 Å². The molecule has 0 saturated carbocycles. The van der Waals surface area contributed by atoms with Gasteiger partial charge in [-0.2, -0.15) is 0 Å². The van der Waals surface area contributed by atoms with Crippen molar-refractivity contribution in [3.63, 3.8) is 0 Å². The summed E-state index contributed by atoms with van der Waals surface area (Å²) in [6.07, 6.45) is 0. The minimum Gasteiger partial charge on any atom is -0.497 e. The lowest BCUT2D eigenvalue weighted by molar-refractivity contribution is 0.0728. The van der Waals surface area contributed by atoms with Crippen molar-refractivity contribution >= 4 is 21.9 Å². The largest absolute Gasteiger partial charge is 0.497 e. The molecule has 0 heterocycles. The van der Waals surface area contributed by atoms with Crippen molar-refractivity contribution in [2.75, 3.05) is 14.2 Å². The molecule has 4 nitrogen and oxygen atoms in total. The predicted molar refractivity (Wildman–Crippen MR) is 116 cm³/mol. The lowest BCUT2D eigenvalue weighted by Gasteiger charge is -2.29. The van der Waals surface area contributed by atoms with Gasteiger partial charge >= 0.3 is 5.97 Å². The van der Waals surface area contributed by atoms with Gasteiger partial charge in [-0.15, -0.1) is 0 Å². The van der Waals surface area contributed by atoms with Crippen LogP contribution in [0.5, 0.6) is 17.2 Å². The molecular formula is C23H29BrO4. The SMILES string of the molecule is COc1cc(C(C)(C)C)c(OC(=O)c2ccc(OC)c(Br)c2)c(C(C)(C)C)c1. The summed E-state index contributed by atoms with van der Waals surface area (Å²) >= 11 is 3.42. The quantitative estimate of drug-likeness (QED) is 0.407. The highest BCUT2D eigenvalue weighted by atomic mass is 79.9. The van der Waals surface area contributed by atoms with Crippen molar-refractivity contribution in [2.24, 2.45) is 0 Å². The summed E-state index contributed by atoms with van der Waals surface area (Å²) < 4.78 is 17.4. The molecule has 0 aliphatic heterocycles. The number of rotatable bonds is 4. The number of halogens is 1. The summed E-state index contributed by atoms with van der Waals surface area (Å²) in [5, 5.41) is 0. The topological polar surface area (TPSA) is 44.8 Å². The number of hydrogen-bond acceptors (Lipinski definition) is 4. The summed E-state index contributed by atoms with van der Waals surface area (Å²) in [6.45, 7) is 12.6. The molecule has 0 unspecified atom stereocenters. The zero-order valence-corrected chi connectivity index (χ0v) is 19.5. The molecule has 0 aromatic heterocycles. The van der Waals surface area contributed by atoms with E-state index in [4.69, 9.17) is 14.2 Å². The molecule has 0 bridgehead atoms. The minimum atomic E-state index is -0.412. The van der Waals surface area contributed by atoms with Gasteiger partial charge < -0.3 is 14.2 Å². The van der Waals surface area contributed by atoms with Crippen molar-refractivity contribution in [1.29, 1.82) is 0 Å². The van der Waals surface area contributed by atoms with Gasteiger partial charge in [0.1, 0.15) is 17.2 Å². The molecule has 0 aliphatic rings.